The molecule has 0 saturated carbocycles. The second-order valence-corrected chi connectivity index (χ2v) is 10.8. The molecule has 0 aliphatic carbocycles. The van der Waals surface area contributed by atoms with Gasteiger partial charge in [0.15, 0.2) is 0 Å². The summed E-state index contributed by atoms with van der Waals surface area (Å²) < 4.78 is 28.8. The van der Waals surface area contributed by atoms with E-state index in [1.165, 1.54) is 11.4 Å². The molecule has 0 spiro atoms. The van der Waals surface area contributed by atoms with Crippen LogP contribution in [0.3, 0.4) is 0 Å². The molecule has 2 aromatic carbocycles. The van der Waals surface area contributed by atoms with Crippen molar-refractivity contribution >= 4 is 66.7 Å². The van der Waals surface area contributed by atoms with Gasteiger partial charge in [0.2, 0.25) is 0 Å². The zero-order valence-corrected chi connectivity index (χ0v) is 18.3. The van der Waals surface area contributed by atoms with Crippen LogP contribution in [0, 0.1) is 0 Å². The fraction of sp³-hybridized carbons (Fsp3) is 0.263. The van der Waals surface area contributed by atoms with Gasteiger partial charge in [-0.25, -0.2) is 8.42 Å². The number of rotatable bonds is 4. The highest BCUT2D eigenvalue weighted by Crippen LogP contribution is 2.40. The summed E-state index contributed by atoms with van der Waals surface area (Å²) in [4.78, 5) is 2.54. The van der Waals surface area contributed by atoms with Crippen LogP contribution in [0.4, 0.5) is 11.4 Å². The highest BCUT2D eigenvalue weighted by atomic mass is 35.5. The number of halogens is 2. The van der Waals surface area contributed by atoms with Crippen molar-refractivity contribution < 1.29 is 8.42 Å². The fourth-order valence-electron chi connectivity index (χ4n) is 3.49. The van der Waals surface area contributed by atoms with E-state index in [0.29, 0.717) is 19.7 Å². The first-order chi connectivity index (χ1) is 13.4. The molecule has 28 heavy (non-hydrogen) atoms. The van der Waals surface area contributed by atoms with Gasteiger partial charge in [-0.15, -0.1) is 11.3 Å². The molecule has 0 radical (unpaired) electrons. The summed E-state index contributed by atoms with van der Waals surface area (Å²) in [6, 6.07) is 12.8. The van der Waals surface area contributed by atoms with Gasteiger partial charge in [-0.1, -0.05) is 47.5 Å². The summed E-state index contributed by atoms with van der Waals surface area (Å²) in [6.45, 7) is 3.60. The lowest BCUT2D eigenvalue weighted by Crippen LogP contribution is -2.43. The van der Waals surface area contributed by atoms with Gasteiger partial charge in [0.1, 0.15) is 4.34 Å². The molecule has 1 fully saturated rings. The fourth-order valence-corrected chi connectivity index (χ4v) is 6.51. The van der Waals surface area contributed by atoms with Gasteiger partial charge in [0.25, 0.3) is 10.0 Å². The largest absolute Gasteiger partial charge is 0.368 e. The second kappa shape index (κ2) is 7.72. The number of hydrogen-bond donors (Lipinski definition) is 1. The van der Waals surface area contributed by atoms with Gasteiger partial charge in [-0.05, 0) is 18.2 Å². The normalized spacial score (nSPS) is 15.2. The number of hydrogen-bond acceptors (Lipinski definition) is 5. The number of thiophene rings is 1. The van der Waals surface area contributed by atoms with E-state index in [-0.39, 0.29) is 4.90 Å². The topological polar surface area (TPSA) is 52.7 Å². The first-order valence-electron chi connectivity index (χ1n) is 8.81. The van der Waals surface area contributed by atoms with E-state index >= 15 is 0 Å². The van der Waals surface area contributed by atoms with Crippen LogP contribution in [0.2, 0.25) is 8.67 Å². The first-order valence-corrected chi connectivity index (χ1v) is 11.8. The standard InChI is InChI=1S/C19H19Cl2N3O2S2/c1-23(16-12-18(20)27-19(16)21)28(25,26)17-7-6-15(24-10-8-22-9-11-24)13-4-2-3-5-14(13)17/h2-7,12,22H,8-11H2,1H3. The molecule has 3 aromatic rings. The van der Waals surface area contributed by atoms with Crippen molar-refractivity contribution in [1.82, 2.24) is 5.32 Å². The quantitative estimate of drug-likeness (QED) is 0.631. The Balaban J connectivity index is 1.83. The minimum absolute atomic E-state index is 0.253. The van der Waals surface area contributed by atoms with Crippen LogP contribution in [0.15, 0.2) is 47.4 Å². The molecular formula is C19H19Cl2N3O2S2. The highest BCUT2D eigenvalue weighted by molar-refractivity contribution is 7.93. The number of piperazine rings is 1. The zero-order chi connectivity index (χ0) is 19.9. The maximum Gasteiger partial charge on any atom is 0.264 e. The van der Waals surface area contributed by atoms with Crippen molar-refractivity contribution in [2.45, 2.75) is 4.90 Å². The van der Waals surface area contributed by atoms with Crippen LogP contribution < -0.4 is 14.5 Å². The number of nitrogens with one attached hydrogen (secondary N) is 1. The second-order valence-electron chi connectivity index (χ2n) is 6.55. The van der Waals surface area contributed by atoms with Crippen LogP contribution in [0.1, 0.15) is 0 Å². The Morgan fingerprint density at radius 1 is 1.07 bits per heavy atom. The van der Waals surface area contributed by atoms with E-state index < -0.39 is 10.0 Å². The van der Waals surface area contributed by atoms with Crippen molar-refractivity contribution in [3.8, 4) is 0 Å². The third-order valence-electron chi connectivity index (χ3n) is 4.94. The number of benzene rings is 2. The SMILES string of the molecule is CN(c1cc(Cl)sc1Cl)S(=O)(=O)c1ccc(N2CCNCC2)c2ccccc12. The predicted octanol–water partition coefficient (Wildman–Crippen LogP) is 4.44. The lowest BCUT2D eigenvalue weighted by atomic mass is 10.1. The molecule has 148 valence electrons. The average Bonchev–Trinajstić information content (AvgIpc) is 3.05. The molecule has 1 aliphatic rings. The van der Waals surface area contributed by atoms with Gasteiger partial charge >= 0.3 is 0 Å². The lowest BCUT2D eigenvalue weighted by molar-refractivity contribution is 0.589. The number of fused-ring (bicyclic) bond motifs is 1. The molecule has 1 aliphatic heterocycles. The van der Waals surface area contributed by atoms with E-state index in [1.807, 2.05) is 30.3 Å². The van der Waals surface area contributed by atoms with Crippen LogP contribution in [-0.4, -0.2) is 41.6 Å². The number of nitrogens with zero attached hydrogens (tertiary/aromatic N) is 2. The lowest BCUT2D eigenvalue weighted by Gasteiger charge is -2.31. The maximum absolute atomic E-state index is 13.4. The predicted molar refractivity (Wildman–Crippen MR) is 119 cm³/mol. The van der Waals surface area contributed by atoms with E-state index in [0.717, 1.165) is 48.6 Å². The molecule has 0 bridgehead atoms. The molecule has 0 unspecified atom stereocenters. The third kappa shape index (κ3) is 3.46. The molecule has 4 rings (SSSR count). The van der Waals surface area contributed by atoms with Crippen molar-refractivity contribution in [2.75, 3.05) is 42.4 Å². The summed E-state index contributed by atoms with van der Waals surface area (Å²) in [5.41, 5.74) is 1.43. The van der Waals surface area contributed by atoms with Crippen molar-refractivity contribution in [2.24, 2.45) is 0 Å². The number of anilines is 2. The molecule has 1 N–H and O–H groups in total. The first kappa shape index (κ1) is 19.8. The Morgan fingerprint density at radius 2 is 1.75 bits per heavy atom. The van der Waals surface area contributed by atoms with Crippen LogP contribution in [0.5, 0.6) is 0 Å². The Morgan fingerprint density at radius 3 is 2.39 bits per heavy atom. The van der Waals surface area contributed by atoms with Crippen molar-refractivity contribution in [3.05, 3.63) is 51.1 Å². The van der Waals surface area contributed by atoms with Crippen LogP contribution >= 0.6 is 34.5 Å². The van der Waals surface area contributed by atoms with Crippen LogP contribution in [0.25, 0.3) is 10.8 Å². The Hall–Kier alpha value is -1.51. The summed E-state index contributed by atoms with van der Waals surface area (Å²) in [6.07, 6.45) is 0. The van der Waals surface area contributed by atoms with E-state index in [4.69, 9.17) is 23.2 Å². The van der Waals surface area contributed by atoms with Gasteiger partial charge in [-0.2, -0.15) is 0 Å². The van der Waals surface area contributed by atoms with Gasteiger partial charge in [0.05, 0.1) is 14.9 Å². The summed E-state index contributed by atoms with van der Waals surface area (Å²) >= 11 is 13.3. The molecular weight excluding hydrogens is 437 g/mol. The van der Waals surface area contributed by atoms with E-state index in [1.54, 1.807) is 12.1 Å². The minimum Gasteiger partial charge on any atom is -0.368 e. The smallest absolute Gasteiger partial charge is 0.264 e. The van der Waals surface area contributed by atoms with Crippen molar-refractivity contribution in [1.29, 1.82) is 0 Å². The Bertz CT molecular complexity index is 1130. The molecule has 0 atom stereocenters. The molecule has 5 nitrogen and oxygen atoms in total. The molecule has 2 heterocycles. The molecule has 1 saturated heterocycles. The minimum atomic E-state index is -3.81. The summed E-state index contributed by atoms with van der Waals surface area (Å²) in [5, 5.41) is 4.96. The van der Waals surface area contributed by atoms with E-state index in [9.17, 15) is 8.42 Å². The molecule has 1 aromatic heterocycles. The highest BCUT2D eigenvalue weighted by Gasteiger charge is 2.27. The van der Waals surface area contributed by atoms with Crippen molar-refractivity contribution in [3.63, 3.8) is 0 Å². The molecule has 0 amide bonds. The Labute approximate surface area is 178 Å². The monoisotopic (exact) mass is 455 g/mol. The van der Waals surface area contributed by atoms with Gasteiger partial charge < -0.3 is 10.2 Å². The maximum atomic E-state index is 13.4. The third-order valence-corrected chi connectivity index (χ3v) is 8.23. The summed E-state index contributed by atoms with van der Waals surface area (Å²) in [7, 11) is -2.31. The van der Waals surface area contributed by atoms with Gasteiger partial charge in [-0.3, -0.25) is 4.31 Å². The number of sulfonamides is 1. The zero-order valence-electron chi connectivity index (χ0n) is 15.2. The summed E-state index contributed by atoms with van der Waals surface area (Å²) in [5.74, 6) is 0. The van der Waals surface area contributed by atoms with Crippen LogP contribution in [-0.2, 0) is 10.0 Å². The van der Waals surface area contributed by atoms with Gasteiger partial charge in [0, 0.05) is 49.7 Å². The average molecular weight is 456 g/mol. The molecule has 9 heteroatoms. The van der Waals surface area contributed by atoms with E-state index in [2.05, 4.69) is 10.2 Å². The Kier molecular flexibility index (Phi) is 5.46.